The van der Waals surface area contributed by atoms with Gasteiger partial charge in [-0.25, -0.2) is 0 Å². The first kappa shape index (κ1) is 20.3. The third-order valence-corrected chi connectivity index (χ3v) is 5.07. The van der Waals surface area contributed by atoms with E-state index in [4.69, 9.17) is 5.11 Å². The topological polar surface area (TPSA) is 94.9 Å². The van der Waals surface area contributed by atoms with Crippen molar-refractivity contribution in [1.29, 1.82) is 0 Å². The molecule has 1 saturated heterocycles. The molecule has 0 bridgehead atoms. The van der Waals surface area contributed by atoms with Gasteiger partial charge in [0.15, 0.2) is 0 Å². The first-order valence-corrected chi connectivity index (χ1v) is 9.46. The number of ketones is 1. The van der Waals surface area contributed by atoms with Gasteiger partial charge in [0.2, 0.25) is 0 Å². The van der Waals surface area contributed by atoms with Crippen molar-refractivity contribution < 1.29 is 24.6 Å². The highest BCUT2D eigenvalue weighted by molar-refractivity contribution is 6.46. The smallest absolute Gasteiger partial charge is 0.305 e. The van der Waals surface area contributed by atoms with Crippen molar-refractivity contribution in [3.8, 4) is 0 Å². The van der Waals surface area contributed by atoms with Crippen LogP contribution in [0.1, 0.15) is 48.9 Å². The lowest BCUT2D eigenvalue weighted by Gasteiger charge is -2.25. The molecular weight excluding hydrogens is 370 g/mol. The Hall–Kier alpha value is -3.41. The third kappa shape index (κ3) is 4.06. The van der Waals surface area contributed by atoms with Crippen LogP contribution in [-0.4, -0.2) is 39.3 Å². The molecule has 0 spiro atoms. The van der Waals surface area contributed by atoms with Crippen molar-refractivity contribution in [2.24, 2.45) is 0 Å². The van der Waals surface area contributed by atoms with E-state index in [0.29, 0.717) is 17.0 Å². The van der Waals surface area contributed by atoms with Crippen LogP contribution >= 0.6 is 0 Å². The summed E-state index contributed by atoms with van der Waals surface area (Å²) in [6.45, 7) is 3.99. The molecule has 2 aromatic carbocycles. The van der Waals surface area contributed by atoms with Crippen LogP contribution in [0, 0.1) is 0 Å². The Bertz CT molecular complexity index is 961. The van der Waals surface area contributed by atoms with Gasteiger partial charge in [0, 0.05) is 12.1 Å². The lowest BCUT2D eigenvalue weighted by Crippen LogP contribution is -2.31. The van der Waals surface area contributed by atoms with E-state index in [1.54, 1.807) is 30.3 Å². The minimum Gasteiger partial charge on any atom is -0.507 e. The van der Waals surface area contributed by atoms with Crippen LogP contribution < -0.4 is 0 Å². The first-order chi connectivity index (χ1) is 13.8. The number of rotatable bonds is 6. The van der Waals surface area contributed by atoms with E-state index in [2.05, 4.69) is 13.8 Å². The maximum Gasteiger partial charge on any atom is 0.305 e. The molecule has 6 nitrogen and oxygen atoms in total. The van der Waals surface area contributed by atoms with E-state index < -0.39 is 23.7 Å². The standard InChI is InChI=1S/C23H23NO5/c1-14(2)15-8-10-16(11-9-15)20-19(21(27)17-6-4-3-5-7-17)22(28)23(29)24(20)13-12-18(25)26/h3-11,14,20,27H,12-13H2,1-2H3,(H,25,26). The number of carbonyl (C=O) groups excluding carboxylic acids is 2. The summed E-state index contributed by atoms with van der Waals surface area (Å²) < 4.78 is 0. The van der Waals surface area contributed by atoms with Gasteiger partial charge < -0.3 is 15.1 Å². The Balaban J connectivity index is 2.13. The Kier molecular flexibility index (Phi) is 5.82. The fourth-order valence-electron chi connectivity index (χ4n) is 3.49. The number of amides is 1. The first-order valence-electron chi connectivity index (χ1n) is 9.46. The number of Topliss-reactive ketones (excluding diaryl/α,β-unsaturated/α-hetero) is 1. The zero-order chi connectivity index (χ0) is 21.1. The van der Waals surface area contributed by atoms with Crippen molar-refractivity contribution in [2.45, 2.75) is 32.2 Å². The Labute approximate surface area is 169 Å². The zero-order valence-corrected chi connectivity index (χ0v) is 16.3. The van der Waals surface area contributed by atoms with E-state index in [1.807, 2.05) is 24.3 Å². The van der Waals surface area contributed by atoms with Crippen LogP contribution in [0.2, 0.25) is 0 Å². The molecule has 29 heavy (non-hydrogen) atoms. The number of aliphatic hydroxyl groups excluding tert-OH is 1. The average Bonchev–Trinajstić information content (AvgIpc) is 2.97. The summed E-state index contributed by atoms with van der Waals surface area (Å²) in [5, 5.41) is 19.9. The van der Waals surface area contributed by atoms with Crippen LogP contribution in [0.15, 0.2) is 60.2 Å². The molecule has 1 aliphatic rings. The molecule has 1 heterocycles. The van der Waals surface area contributed by atoms with Gasteiger partial charge in [0.1, 0.15) is 5.76 Å². The number of carboxylic acid groups (broad SMARTS) is 1. The van der Waals surface area contributed by atoms with Gasteiger partial charge in [-0.1, -0.05) is 68.4 Å². The lowest BCUT2D eigenvalue weighted by atomic mass is 9.93. The molecule has 0 radical (unpaired) electrons. The number of carbonyl (C=O) groups is 3. The van der Waals surface area contributed by atoms with Gasteiger partial charge in [0.05, 0.1) is 18.0 Å². The van der Waals surface area contributed by atoms with E-state index in [1.165, 1.54) is 4.90 Å². The number of aliphatic hydroxyl groups is 1. The maximum atomic E-state index is 12.8. The fraction of sp³-hybridized carbons (Fsp3) is 0.261. The highest BCUT2D eigenvalue weighted by Gasteiger charge is 2.46. The number of hydrogen-bond acceptors (Lipinski definition) is 4. The molecule has 2 aromatic rings. The van der Waals surface area contributed by atoms with Crippen LogP contribution in [0.5, 0.6) is 0 Å². The predicted octanol–water partition coefficient (Wildman–Crippen LogP) is 3.71. The maximum absolute atomic E-state index is 12.8. The molecule has 1 atom stereocenters. The second-order valence-electron chi connectivity index (χ2n) is 7.32. The number of nitrogens with zero attached hydrogens (tertiary/aromatic N) is 1. The molecule has 0 aliphatic carbocycles. The van der Waals surface area contributed by atoms with Crippen LogP contribution in [0.4, 0.5) is 0 Å². The number of carboxylic acids is 1. The normalized spacial score (nSPS) is 18.4. The minimum atomic E-state index is -1.07. The summed E-state index contributed by atoms with van der Waals surface area (Å²) in [7, 11) is 0. The van der Waals surface area contributed by atoms with Gasteiger partial charge >= 0.3 is 5.97 Å². The van der Waals surface area contributed by atoms with Gasteiger partial charge in [0.25, 0.3) is 11.7 Å². The Morgan fingerprint density at radius 3 is 2.17 bits per heavy atom. The molecule has 2 N–H and O–H groups in total. The van der Waals surface area contributed by atoms with Gasteiger partial charge in [-0.3, -0.25) is 14.4 Å². The van der Waals surface area contributed by atoms with Crippen molar-refractivity contribution >= 4 is 23.4 Å². The SMILES string of the molecule is CC(C)c1ccc(C2C(=C(O)c3ccccc3)C(=O)C(=O)N2CCC(=O)O)cc1. The summed E-state index contributed by atoms with van der Waals surface area (Å²) in [6, 6.07) is 15.2. The highest BCUT2D eigenvalue weighted by atomic mass is 16.4. The molecule has 6 heteroatoms. The summed E-state index contributed by atoms with van der Waals surface area (Å²) in [5.41, 5.74) is 2.15. The molecule has 150 valence electrons. The second-order valence-corrected chi connectivity index (χ2v) is 7.32. The number of benzene rings is 2. The van der Waals surface area contributed by atoms with E-state index in [-0.39, 0.29) is 24.3 Å². The summed E-state index contributed by atoms with van der Waals surface area (Å²) in [6.07, 6.45) is -0.293. The van der Waals surface area contributed by atoms with Crippen LogP contribution in [0.3, 0.4) is 0 Å². The van der Waals surface area contributed by atoms with Crippen molar-refractivity contribution in [2.75, 3.05) is 6.54 Å². The predicted molar refractivity (Wildman–Crippen MR) is 108 cm³/mol. The summed E-state index contributed by atoms with van der Waals surface area (Å²) >= 11 is 0. The van der Waals surface area contributed by atoms with Crippen LogP contribution in [-0.2, 0) is 14.4 Å². The molecule has 1 fully saturated rings. The lowest BCUT2D eigenvalue weighted by molar-refractivity contribution is -0.142. The number of aliphatic carboxylic acids is 1. The van der Waals surface area contributed by atoms with Gasteiger partial charge in [-0.05, 0) is 17.0 Å². The zero-order valence-electron chi connectivity index (χ0n) is 16.3. The van der Waals surface area contributed by atoms with Crippen molar-refractivity contribution in [3.63, 3.8) is 0 Å². The van der Waals surface area contributed by atoms with E-state index >= 15 is 0 Å². The highest BCUT2D eigenvalue weighted by Crippen LogP contribution is 2.39. The molecular formula is C23H23NO5. The molecule has 3 rings (SSSR count). The minimum absolute atomic E-state index is 0.0242. The summed E-state index contributed by atoms with van der Waals surface area (Å²) in [5.74, 6) is -2.63. The Morgan fingerprint density at radius 1 is 1.00 bits per heavy atom. The molecule has 0 saturated carbocycles. The number of hydrogen-bond donors (Lipinski definition) is 2. The van der Waals surface area contributed by atoms with Gasteiger partial charge in [-0.2, -0.15) is 0 Å². The number of likely N-dealkylation sites (tertiary alicyclic amines) is 1. The van der Waals surface area contributed by atoms with Crippen molar-refractivity contribution in [3.05, 3.63) is 76.9 Å². The van der Waals surface area contributed by atoms with Crippen molar-refractivity contribution in [1.82, 2.24) is 4.90 Å². The molecule has 1 amide bonds. The van der Waals surface area contributed by atoms with E-state index in [9.17, 15) is 19.5 Å². The molecule has 1 aliphatic heterocycles. The largest absolute Gasteiger partial charge is 0.507 e. The average molecular weight is 393 g/mol. The van der Waals surface area contributed by atoms with Crippen LogP contribution in [0.25, 0.3) is 5.76 Å². The molecule has 0 aromatic heterocycles. The quantitative estimate of drug-likeness (QED) is 0.443. The monoisotopic (exact) mass is 393 g/mol. The summed E-state index contributed by atoms with van der Waals surface area (Å²) in [4.78, 5) is 37.7. The Morgan fingerprint density at radius 2 is 1.62 bits per heavy atom. The third-order valence-electron chi connectivity index (χ3n) is 5.07. The van der Waals surface area contributed by atoms with Gasteiger partial charge in [-0.15, -0.1) is 0 Å². The molecule has 1 unspecified atom stereocenters. The second kappa shape index (κ2) is 8.31. The fourth-order valence-corrected chi connectivity index (χ4v) is 3.49. The van der Waals surface area contributed by atoms with E-state index in [0.717, 1.165) is 5.56 Å².